The lowest BCUT2D eigenvalue weighted by molar-refractivity contribution is 0.131. The minimum atomic E-state index is 0.00891. The second-order valence-electron chi connectivity index (χ2n) is 5.89. The molecule has 1 nitrogen and oxygen atoms in total. The van der Waals surface area contributed by atoms with Gasteiger partial charge in [-0.05, 0) is 43.9 Å². The van der Waals surface area contributed by atoms with Crippen LogP contribution in [0.3, 0.4) is 0 Å². The predicted molar refractivity (Wildman–Crippen MR) is 72.1 cm³/mol. The van der Waals surface area contributed by atoms with Crippen molar-refractivity contribution in [2.24, 2.45) is 5.92 Å². The van der Waals surface area contributed by atoms with E-state index < -0.39 is 0 Å². The van der Waals surface area contributed by atoms with Gasteiger partial charge >= 0.3 is 0 Å². The summed E-state index contributed by atoms with van der Waals surface area (Å²) in [5, 5.41) is 0. The van der Waals surface area contributed by atoms with Crippen LogP contribution in [0.25, 0.3) is 0 Å². The van der Waals surface area contributed by atoms with Crippen LogP contribution in [0.4, 0.5) is 4.39 Å². The normalized spacial score (nSPS) is 26.0. The van der Waals surface area contributed by atoms with Crippen LogP contribution in [0.2, 0.25) is 0 Å². The predicted octanol–water partition coefficient (Wildman–Crippen LogP) is 3.94. The summed E-state index contributed by atoms with van der Waals surface area (Å²) in [6, 6.07) is 5.92. The second-order valence-corrected chi connectivity index (χ2v) is 5.89. The molecule has 0 saturated heterocycles. The van der Waals surface area contributed by atoms with E-state index in [9.17, 15) is 4.39 Å². The van der Waals surface area contributed by atoms with E-state index in [1.165, 1.54) is 37.7 Å². The molecule has 2 aliphatic rings. The van der Waals surface area contributed by atoms with E-state index in [0.717, 1.165) is 18.5 Å². The van der Waals surface area contributed by atoms with Gasteiger partial charge in [-0.15, -0.1) is 0 Å². The zero-order valence-electron chi connectivity index (χ0n) is 11.2. The summed E-state index contributed by atoms with van der Waals surface area (Å²) >= 11 is 0. The Morgan fingerprint density at radius 2 is 1.94 bits per heavy atom. The van der Waals surface area contributed by atoms with Crippen molar-refractivity contribution >= 4 is 0 Å². The zero-order chi connectivity index (χ0) is 12.5. The molecule has 1 unspecified atom stereocenters. The van der Waals surface area contributed by atoms with E-state index >= 15 is 0 Å². The summed E-state index contributed by atoms with van der Waals surface area (Å²) in [6.45, 7) is 1.07. The maximum Gasteiger partial charge on any atom is 0.128 e. The monoisotopic (exact) mass is 247 g/mol. The van der Waals surface area contributed by atoms with Crippen LogP contribution in [0.15, 0.2) is 18.2 Å². The summed E-state index contributed by atoms with van der Waals surface area (Å²) in [5.74, 6) is 0.661. The number of halogens is 1. The van der Waals surface area contributed by atoms with Crippen molar-refractivity contribution in [1.29, 1.82) is 0 Å². The van der Waals surface area contributed by atoms with Crippen molar-refractivity contribution in [3.63, 3.8) is 0 Å². The minimum absolute atomic E-state index is 0.00891. The first-order valence-corrected chi connectivity index (χ1v) is 7.25. The van der Waals surface area contributed by atoms with Gasteiger partial charge in [-0.25, -0.2) is 4.39 Å². The largest absolute Gasteiger partial charge is 0.299 e. The highest BCUT2D eigenvalue weighted by Gasteiger charge is 2.34. The van der Waals surface area contributed by atoms with Gasteiger partial charge in [0.2, 0.25) is 0 Å². The van der Waals surface area contributed by atoms with Crippen LogP contribution in [0, 0.1) is 11.7 Å². The van der Waals surface area contributed by atoms with E-state index in [1.54, 1.807) is 6.07 Å². The van der Waals surface area contributed by atoms with Gasteiger partial charge in [0.15, 0.2) is 0 Å². The van der Waals surface area contributed by atoms with E-state index in [0.29, 0.717) is 12.0 Å². The number of rotatable bonds is 1. The molecule has 0 spiro atoms. The van der Waals surface area contributed by atoms with Gasteiger partial charge in [-0.1, -0.05) is 31.4 Å². The molecule has 0 bridgehead atoms. The van der Waals surface area contributed by atoms with Crippen molar-refractivity contribution in [3.05, 3.63) is 35.1 Å². The maximum atomic E-state index is 14.2. The van der Waals surface area contributed by atoms with Gasteiger partial charge in [0, 0.05) is 18.2 Å². The van der Waals surface area contributed by atoms with Gasteiger partial charge in [0.25, 0.3) is 0 Å². The highest BCUT2D eigenvalue weighted by atomic mass is 19.1. The fourth-order valence-electron chi connectivity index (χ4n) is 3.83. The number of likely N-dealkylation sites (N-methyl/N-ethyl adjacent to an activating group) is 1. The second kappa shape index (κ2) is 5.00. The summed E-state index contributed by atoms with van der Waals surface area (Å²) in [5.41, 5.74) is 2.24. The summed E-state index contributed by atoms with van der Waals surface area (Å²) < 4.78 is 14.2. The van der Waals surface area contributed by atoms with E-state index in [1.807, 2.05) is 6.07 Å². The first-order valence-electron chi connectivity index (χ1n) is 7.25. The third kappa shape index (κ3) is 2.07. The van der Waals surface area contributed by atoms with Gasteiger partial charge in [0.1, 0.15) is 5.82 Å². The molecular weight excluding hydrogens is 225 g/mol. The molecule has 0 N–H and O–H groups in total. The van der Waals surface area contributed by atoms with Gasteiger partial charge in [-0.3, -0.25) is 4.90 Å². The fourth-order valence-corrected chi connectivity index (χ4v) is 3.83. The Balaban J connectivity index is 1.98. The van der Waals surface area contributed by atoms with Crippen LogP contribution >= 0.6 is 0 Å². The van der Waals surface area contributed by atoms with Crippen molar-refractivity contribution in [3.8, 4) is 0 Å². The molecule has 1 atom stereocenters. The molecule has 1 aliphatic heterocycles. The van der Waals surface area contributed by atoms with Crippen LogP contribution in [0.5, 0.6) is 0 Å². The summed E-state index contributed by atoms with van der Waals surface area (Å²) in [6.07, 6.45) is 7.52. The number of hydrogen-bond donors (Lipinski definition) is 0. The molecule has 2 heteroatoms. The molecule has 1 fully saturated rings. The molecule has 1 aromatic carbocycles. The molecule has 1 aliphatic carbocycles. The topological polar surface area (TPSA) is 3.24 Å². The summed E-state index contributed by atoms with van der Waals surface area (Å²) in [4.78, 5) is 2.38. The Morgan fingerprint density at radius 1 is 1.17 bits per heavy atom. The fraction of sp³-hybridized carbons (Fsp3) is 0.625. The SMILES string of the molecule is CN1CCc2cccc(F)c2C1C1CCCCC1. The van der Waals surface area contributed by atoms with Gasteiger partial charge in [-0.2, -0.15) is 0 Å². The Hall–Kier alpha value is -0.890. The Morgan fingerprint density at radius 3 is 2.72 bits per heavy atom. The average molecular weight is 247 g/mol. The third-order valence-corrected chi connectivity index (χ3v) is 4.74. The lowest BCUT2D eigenvalue weighted by atomic mass is 9.77. The molecule has 1 saturated carbocycles. The molecule has 1 heterocycles. The maximum absolute atomic E-state index is 14.2. The lowest BCUT2D eigenvalue weighted by Crippen LogP contribution is -2.38. The molecule has 1 aromatic rings. The van der Waals surface area contributed by atoms with Crippen LogP contribution in [-0.2, 0) is 6.42 Å². The highest BCUT2D eigenvalue weighted by Crippen LogP contribution is 2.42. The van der Waals surface area contributed by atoms with Gasteiger partial charge < -0.3 is 0 Å². The number of fused-ring (bicyclic) bond motifs is 1. The van der Waals surface area contributed by atoms with E-state index in [4.69, 9.17) is 0 Å². The quantitative estimate of drug-likeness (QED) is 0.726. The molecule has 0 amide bonds. The first kappa shape index (κ1) is 12.2. The zero-order valence-corrected chi connectivity index (χ0v) is 11.2. The van der Waals surface area contributed by atoms with Crippen LogP contribution < -0.4 is 0 Å². The van der Waals surface area contributed by atoms with Crippen molar-refractivity contribution in [2.45, 2.75) is 44.6 Å². The molecule has 0 radical (unpaired) electrons. The summed E-state index contributed by atoms with van der Waals surface area (Å²) in [7, 11) is 2.16. The highest BCUT2D eigenvalue weighted by molar-refractivity contribution is 5.34. The molecule has 18 heavy (non-hydrogen) atoms. The van der Waals surface area contributed by atoms with Crippen LogP contribution in [0.1, 0.15) is 49.3 Å². The average Bonchev–Trinajstić information content (AvgIpc) is 2.40. The molecular formula is C16H22FN. The van der Waals surface area contributed by atoms with E-state index in [-0.39, 0.29) is 5.82 Å². The first-order chi connectivity index (χ1) is 8.77. The standard InChI is InChI=1S/C16H22FN/c1-18-11-10-12-8-5-9-14(17)15(12)16(18)13-6-3-2-4-7-13/h5,8-9,13,16H,2-4,6-7,10-11H2,1H3. The van der Waals surface area contributed by atoms with Crippen molar-refractivity contribution in [2.75, 3.05) is 13.6 Å². The van der Waals surface area contributed by atoms with Crippen molar-refractivity contribution < 1.29 is 4.39 Å². The molecule has 0 aromatic heterocycles. The number of nitrogens with zero attached hydrogens (tertiary/aromatic N) is 1. The third-order valence-electron chi connectivity index (χ3n) is 4.74. The van der Waals surface area contributed by atoms with Gasteiger partial charge in [0.05, 0.1) is 0 Å². The van der Waals surface area contributed by atoms with E-state index in [2.05, 4.69) is 18.0 Å². The Labute approximate surface area is 109 Å². The Kier molecular flexibility index (Phi) is 3.38. The minimum Gasteiger partial charge on any atom is -0.299 e. The number of hydrogen-bond acceptors (Lipinski definition) is 1. The van der Waals surface area contributed by atoms with Crippen LogP contribution in [-0.4, -0.2) is 18.5 Å². The molecule has 3 rings (SSSR count). The van der Waals surface area contributed by atoms with Crippen molar-refractivity contribution in [1.82, 2.24) is 4.90 Å². The smallest absolute Gasteiger partial charge is 0.128 e. The Bertz CT molecular complexity index is 423. The number of benzene rings is 1. The lowest BCUT2D eigenvalue weighted by Gasteiger charge is -2.41. The molecule has 98 valence electrons.